The number of hydrogen-bond donors (Lipinski definition) is 1. The van der Waals surface area contributed by atoms with Gasteiger partial charge < -0.3 is 5.32 Å². The van der Waals surface area contributed by atoms with Crippen LogP contribution < -0.4 is 5.32 Å². The van der Waals surface area contributed by atoms with E-state index in [1.54, 1.807) is 0 Å². The van der Waals surface area contributed by atoms with Crippen LogP contribution >= 0.6 is 0 Å². The molecule has 0 unspecified atom stereocenters. The minimum atomic E-state index is 1.16. The van der Waals surface area contributed by atoms with E-state index in [2.05, 4.69) is 15.3 Å². The largest absolute Gasteiger partial charge is 0.315 e. The van der Waals surface area contributed by atoms with Gasteiger partial charge in [0.15, 0.2) is 0 Å². The Morgan fingerprint density at radius 2 is 1.21 bits per heavy atom. The van der Waals surface area contributed by atoms with Gasteiger partial charge in [-0.3, -0.25) is 0 Å². The van der Waals surface area contributed by atoms with Gasteiger partial charge in [-0.25, -0.2) is 10.0 Å². The molecule has 2 aliphatic heterocycles. The van der Waals surface area contributed by atoms with E-state index in [9.17, 15) is 0 Å². The zero-order valence-electron chi connectivity index (χ0n) is 9.17. The summed E-state index contributed by atoms with van der Waals surface area (Å²) in [6.07, 6.45) is 6.95. The highest BCUT2D eigenvalue weighted by Crippen LogP contribution is 2.12. The minimum absolute atomic E-state index is 1.16. The summed E-state index contributed by atoms with van der Waals surface area (Å²) in [6.45, 7) is 7.41. The molecule has 0 aromatic carbocycles. The second kappa shape index (κ2) is 5.69. The highest BCUT2D eigenvalue weighted by Gasteiger charge is 2.17. The lowest BCUT2D eigenvalue weighted by Crippen LogP contribution is -2.44. The molecule has 14 heavy (non-hydrogen) atoms. The quantitative estimate of drug-likeness (QED) is 0.678. The molecule has 0 spiro atoms. The molecule has 0 aromatic rings. The van der Waals surface area contributed by atoms with Crippen molar-refractivity contribution in [2.45, 2.75) is 32.1 Å². The van der Waals surface area contributed by atoms with Crippen molar-refractivity contribution in [2.24, 2.45) is 0 Å². The van der Waals surface area contributed by atoms with Crippen LogP contribution in [0.3, 0.4) is 0 Å². The van der Waals surface area contributed by atoms with E-state index < -0.39 is 0 Å². The highest BCUT2D eigenvalue weighted by atomic mass is 15.6. The topological polar surface area (TPSA) is 18.5 Å². The van der Waals surface area contributed by atoms with E-state index >= 15 is 0 Å². The third-order valence-electron chi connectivity index (χ3n) is 3.30. The molecular formula is C11H23N3. The van der Waals surface area contributed by atoms with E-state index in [0.29, 0.717) is 0 Å². The Kier molecular flexibility index (Phi) is 4.22. The number of hydrazine groups is 1. The molecule has 1 N–H and O–H groups in total. The Morgan fingerprint density at radius 1 is 0.571 bits per heavy atom. The summed E-state index contributed by atoms with van der Waals surface area (Å²) in [5.74, 6) is 0. The molecule has 0 radical (unpaired) electrons. The van der Waals surface area contributed by atoms with E-state index in [-0.39, 0.29) is 0 Å². The van der Waals surface area contributed by atoms with Crippen molar-refractivity contribution in [1.29, 1.82) is 0 Å². The summed E-state index contributed by atoms with van der Waals surface area (Å²) in [6, 6.07) is 0. The SMILES string of the molecule is C1CCCN(N2CCCNCC2)CC1. The lowest BCUT2D eigenvalue weighted by atomic mass is 10.2. The molecule has 3 heteroatoms. The maximum Gasteiger partial charge on any atom is 0.0258 e. The fourth-order valence-electron chi connectivity index (χ4n) is 2.45. The fourth-order valence-corrected chi connectivity index (χ4v) is 2.45. The van der Waals surface area contributed by atoms with Gasteiger partial charge in [0.25, 0.3) is 0 Å². The number of nitrogens with one attached hydrogen (secondary N) is 1. The van der Waals surface area contributed by atoms with Gasteiger partial charge in [0.05, 0.1) is 0 Å². The third kappa shape index (κ3) is 2.94. The van der Waals surface area contributed by atoms with Crippen molar-refractivity contribution in [3.8, 4) is 0 Å². The maximum atomic E-state index is 3.46. The molecule has 0 saturated carbocycles. The first-order valence-electron chi connectivity index (χ1n) is 6.17. The molecule has 0 aliphatic carbocycles. The average Bonchev–Trinajstić information content (AvgIpc) is 2.62. The summed E-state index contributed by atoms with van der Waals surface area (Å²) in [7, 11) is 0. The molecule has 0 atom stereocenters. The molecule has 2 heterocycles. The van der Waals surface area contributed by atoms with Crippen LogP contribution in [0.5, 0.6) is 0 Å². The number of hydrogen-bond acceptors (Lipinski definition) is 3. The number of nitrogens with zero attached hydrogens (tertiary/aromatic N) is 2. The zero-order valence-corrected chi connectivity index (χ0v) is 9.17. The molecule has 2 fully saturated rings. The first-order chi connectivity index (χ1) is 6.97. The Balaban J connectivity index is 1.83. The Hall–Kier alpha value is -0.120. The van der Waals surface area contributed by atoms with Gasteiger partial charge in [-0.05, 0) is 25.8 Å². The van der Waals surface area contributed by atoms with Crippen LogP contribution in [-0.4, -0.2) is 49.3 Å². The van der Waals surface area contributed by atoms with Crippen LogP contribution in [0.25, 0.3) is 0 Å². The highest BCUT2D eigenvalue weighted by molar-refractivity contribution is 4.67. The number of rotatable bonds is 1. The molecule has 82 valence electrons. The lowest BCUT2D eigenvalue weighted by Gasteiger charge is -2.33. The lowest BCUT2D eigenvalue weighted by molar-refractivity contribution is -0.0166. The van der Waals surface area contributed by atoms with E-state index in [4.69, 9.17) is 0 Å². The summed E-state index contributed by atoms with van der Waals surface area (Å²) in [5.41, 5.74) is 0. The predicted octanol–water partition coefficient (Wildman–Crippen LogP) is 1.07. The van der Waals surface area contributed by atoms with Gasteiger partial charge in [0, 0.05) is 32.7 Å². The maximum absolute atomic E-state index is 3.46. The standard InChI is InChI=1S/C11H23N3/c1-2-4-9-13(8-3-1)14-10-5-6-12-7-11-14/h12H,1-11H2. The van der Waals surface area contributed by atoms with Crippen LogP contribution in [0.15, 0.2) is 0 Å². The van der Waals surface area contributed by atoms with Gasteiger partial charge in [-0.2, -0.15) is 0 Å². The van der Waals surface area contributed by atoms with Gasteiger partial charge in [-0.15, -0.1) is 0 Å². The van der Waals surface area contributed by atoms with Crippen molar-refractivity contribution >= 4 is 0 Å². The van der Waals surface area contributed by atoms with E-state index in [0.717, 1.165) is 6.54 Å². The first kappa shape index (κ1) is 10.4. The summed E-state index contributed by atoms with van der Waals surface area (Å²) in [5, 5.41) is 8.64. The smallest absolute Gasteiger partial charge is 0.0258 e. The molecular weight excluding hydrogens is 174 g/mol. The van der Waals surface area contributed by atoms with Crippen LogP contribution in [-0.2, 0) is 0 Å². The molecule has 0 bridgehead atoms. The minimum Gasteiger partial charge on any atom is -0.315 e. The summed E-state index contributed by atoms with van der Waals surface area (Å²) in [4.78, 5) is 0. The van der Waals surface area contributed by atoms with Crippen molar-refractivity contribution in [2.75, 3.05) is 39.3 Å². The fraction of sp³-hybridized carbons (Fsp3) is 1.00. The van der Waals surface area contributed by atoms with Gasteiger partial charge >= 0.3 is 0 Å². The predicted molar refractivity (Wildman–Crippen MR) is 59.1 cm³/mol. The van der Waals surface area contributed by atoms with Gasteiger partial charge in [0.2, 0.25) is 0 Å². The Bertz CT molecular complexity index is 127. The van der Waals surface area contributed by atoms with Crippen molar-refractivity contribution < 1.29 is 0 Å². The van der Waals surface area contributed by atoms with Crippen LogP contribution in [0.2, 0.25) is 0 Å². The zero-order chi connectivity index (χ0) is 9.64. The molecule has 2 saturated heterocycles. The monoisotopic (exact) mass is 197 g/mol. The Labute approximate surface area is 87.4 Å². The van der Waals surface area contributed by atoms with Crippen LogP contribution in [0.1, 0.15) is 32.1 Å². The van der Waals surface area contributed by atoms with Gasteiger partial charge in [-0.1, -0.05) is 12.8 Å². The first-order valence-corrected chi connectivity index (χ1v) is 6.17. The molecule has 3 nitrogen and oxygen atoms in total. The molecule has 0 amide bonds. The summed E-state index contributed by atoms with van der Waals surface area (Å²) < 4.78 is 0. The normalized spacial score (nSPS) is 28.3. The van der Waals surface area contributed by atoms with E-state index in [1.165, 1.54) is 64.8 Å². The van der Waals surface area contributed by atoms with Crippen LogP contribution in [0, 0.1) is 0 Å². The second-order valence-corrected chi connectivity index (χ2v) is 4.43. The molecule has 2 aliphatic rings. The van der Waals surface area contributed by atoms with Gasteiger partial charge in [0.1, 0.15) is 0 Å². The van der Waals surface area contributed by atoms with Crippen LogP contribution in [0.4, 0.5) is 0 Å². The average molecular weight is 197 g/mol. The molecule has 0 aromatic heterocycles. The third-order valence-corrected chi connectivity index (χ3v) is 3.30. The summed E-state index contributed by atoms with van der Waals surface area (Å²) >= 11 is 0. The molecule has 2 rings (SSSR count). The second-order valence-electron chi connectivity index (χ2n) is 4.43. The van der Waals surface area contributed by atoms with Crippen molar-refractivity contribution in [3.05, 3.63) is 0 Å². The van der Waals surface area contributed by atoms with Crippen molar-refractivity contribution in [3.63, 3.8) is 0 Å². The van der Waals surface area contributed by atoms with Crippen molar-refractivity contribution in [1.82, 2.24) is 15.3 Å². The Morgan fingerprint density at radius 3 is 2.00 bits per heavy atom. The van der Waals surface area contributed by atoms with E-state index in [1.807, 2.05) is 0 Å².